The van der Waals surface area contributed by atoms with Gasteiger partial charge < -0.3 is 0 Å². The van der Waals surface area contributed by atoms with Crippen molar-refractivity contribution in [3.63, 3.8) is 0 Å². The average Bonchev–Trinajstić information content (AvgIpc) is 2.04. The van der Waals surface area contributed by atoms with Gasteiger partial charge in [-0.05, 0) is 23.3 Å². The first kappa shape index (κ1) is 9.56. The van der Waals surface area contributed by atoms with Crippen molar-refractivity contribution in [3.05, 3.63) is 33.8 Å². The fourth-order valence-electron chi connectivity index (χ4n) is 0.849. The number of alkyl halides is 2. The van der Waals surface area contributed by atoms with E-state index < -0.39 is 0 Å². The van der Waals surface area contributed by atoms with Crippen LogP contribution in [-0.2, 0) is 11.2 Å². The van der Waals surface area contributed by atoms with Crippen molar-refractivity contribution in [1.82, 2.24) is 0 Å². The molecule has 0 nitrogen and oxygen atoms in total. The summed E-state index contributed by atoms with van der Waals surface area (Å²) in [6.07, 6.45) is 0. The maximum Gasteiger partial charge on any atom is 0.0477 e. The van der Waals surface area contributed by atoms with Crippen molar-refractivity contribution in [2.24, 2.45) is 0 Å². The summed E-state index contributed by atoms with van der Waals surface area (Å²) in [7, 11) is 0. The van der Waals surface area contributed by atoms with E-state index in [0.717, 1.165) is 9.80 Å². The number of hydrogen-bond donors (Lipinski definition) is 0. The first-order valence-corrected chi connectivity index (χ1v) is 5.62. The highest BCUT2D eigenvalue weighted by Gasteiger charge is 1.99. The second-order valence-electron chi connectivity index (χ2n) is 2.18. The SMILES string of the molecule is ClCc1cc(Br)ccc1CBr. The van der Waals surface area contributed by atoms with E-state index in [9.17, 15) is 0 Å². The molecular weight excluding hydrogens is 291 g/mol. The van der Waals surface area contributed by atoms with Gasteiger partial charge in [-0.3, -0.25) is 0 Å². The van der Waals surface area contributed by atoms with Crippen LogP contribution >= 0.6 is 43.5 Å². The molecule has 0 aliphatic carbocycles. The number of hydrogen-bond acceptors (Lipinski definition) is 0. The maximum atomic E-state index is 5.74. The van der Waals surface area contributed by atoms with Gasteiger partial charge in [0, 0.05) is 15.7 Å². The topological polar surface area (TPSA) is 0 Å². The molecule has 0 bridgehead atoms. The monoisotopic (exact) mass is 296 g/mol. The summed E-state index contributed by atoms with van der Waals surface area (Å²) < 4.78 is 1.08. The molecule has 0 aromatic heterocycles. The molecule has 0 radical (unpaired) electrons. The van der Waals surface area contributed by atoms with E-state index in [1.807, 2.05) is 12.1 Å². The molecule has 1 aromatic carbocycles. The van der Waals surface area contributed by atoms with Gasteiger partial charge in [0.1, 0.15) is 0 Å². The summed E-state index contributed by atoms with van der Waals surface area (Å²) in [5, 5.41) is 0.863. The summed E-state index contributed by atoms with van der Waals surface area (Å²) in [5.74, 6) is 0.570. The van der Waals surface area contributed by atoms with Crippen molar-refractivity contribution in [2.45, 2.75) is 11.2 Å². The summed E-state index contributed by atoms with van der Waals surface area (Å²) in [6.45, 7) is 0. The highest BCUT2D eigenvalue weighted by molar-refractivity contribution is 9.10. The van der Waals surface area contributed by atoms with Crippen LogP contribution in [0.5, 0.6) is 0 Å². The lowest BCUT2D eigenvalue weighted by Crippen LogP contribution is -1.86. The smallest absolute Gasteiger partial charge is 0.0477 e. The van der Waals surface area contributed by atoms with Crippen molar-refractivity contribution in [1.29, 1.82) is 0 Å². The van der Waals surface area contributed by atoms with Gasteiger partial charge in [-0.15, -0.1) is 11.6 Å². The van der Waals surface area contributed by atoms with Crippen LogP contribution in [0, 0.1) is 0 Å². The zero-order valence-corrected chi connectivity index (χ0v) is 9.71. The van der Waals surface area contributed by atoms with Gasteiger partial charge >= 0.3 is 0 Å². The quantitative estimate of drug-likeness (QED) is 0.722. The number of rotatable bonds is 2. The Morgan fingerprint density at radius 1 is 1.27 bits per heavy atom. The van der Waals surface area contributed by atoms with Crippen molar-refractivity contribution in [3.8, 4) is 0 Å². The molecule has 0 N–H and O–H groups in total. The van der Waals surface area contributed by atoms with Gasteiger partial charge in [0.15, 0.2) is 0 Å². The normalized spacial score (nSPS) is 10.1. The molecule has 11 heavy (non-hydrogen) atoms. The molecule has 0 aliphatic heterocycles. The predicted molar refractivity (Wildman–Crippen MR) is 56.3 cm³/mol. The molecule has 0 unspecified atom stereocenters. The van der Waals surface area contributed by atoms with Crippen molar-refractivity contribution >= 4 is 43.5 Å². The fraction of sp³-hybridized carbons (Fsp3) is 0.250. The van der Waals surface area contributed by atoms with Gasteiger partial charge in [0.25, 0.3) is 0 Å². The van der Waals surface area contributed by atoms with Crippen LogP contribution in [0.15, 0.2) is 22.7 Å². The second kappa shape index (κ2) is 4.48. The van der Waals surface area contributed by atoms with Crippen molar-refractivity contribution < 1.29 is 0 Å². The van der Waals surface area contributed by atoms with E-state index in [-0.39, 0.29) is 0 Å². The van der Waals surface area contributed by atoms with E-state index in [0.29, 0.717) is 5.88 Å². The first-order chi connectivity index (χ1) is 5.27. The molecule has 0 saturated carbocycles. The predicted octanol–water partition coefficient (Wildman–Crippen LogP) is 4.08. The zero-order valence-electron chi connectivity index (χ0n) is 5.78. The van der Waals surface area contributed by atoms with Gasteiger partial charge in [0.2, 0.25) is 0 Å². The van der Waals surface area contributed by atoms with E-state index in [1.165, 1.54) is 11.1 Å². The van der Waals surface area contributed by atoms with Crippen LogP contribution in [0.25, 0.3) is 0 Å². The van der Waals surface area contributed by atoms with Gasteiger partial charge in [-0.25, -0.2) is 0 Å². The Morgan fingerprint density at radius 2 is 2.00 bits per heavy atom. The van der Waals surface area contributed by atoms with E-state index in [2.05, 4.69) is 37.9 Å². The maximum absolute atomic E-state index is 5.74. The van der Waals surface area contributed by atoms with E-state index in [1.54, 1.807) is 0 Å². The fourth-order valence-corrected chi connectivity index (χ4v) is 2.05. The molecule has 0 amide bonds. The summed E-state index contributed by atoms with van der Waals surface area (Å²) in [6, 6.07) is 6.13. The summed E-state index contributed by atoms with van der Waals surface area (Å²) in [5.41, 5.74) is 2.43. The minimum atomic E-state index is 0.570. The largest absolute Gasteiger partial charge is 0.122 e. The van der Waals surface area contributed by atoms with E-state index >= 15 is 0 Å². The van der Waals surface area contributed by atoms with E-state index in [4.69, 9.17) is 11.6 Å². The minimum absolute atomic E-state index is 0.570. The standard InChI is InChI=1S/C8H7Br2Cl/c9-4-6-1-2-8(10)3-7(6)5-11/h1-3H,4-5H2. The molecule has 0 saturated heterocycles. The Labute approximate surface area is 88.2 Å². The van der Waals surface area contributed by atoms with Crippen LogP contribution in [0.2, 0.25) is 0 Å². The van der Waals surface area contributed by atoms with Gasteiger partial charge in [-0.2, -0.15) is 0 Å². The van der Waals surface area contributed by atoms with Crippen molar-refractivity contribution in [2.75, 3.05) is 0 Å². The number of halogens is 3. The Kier molecular flexibility index (Phi) is 3.90. The lowest BCUT2D eigenvalue weighted by atomic mass is 10.1. The Hall–Kier alpha value is 0.470. The minimum Gasteiger partial charge on any atom is -0.122 e. The van der Waals surface area contributed by atoms with Crippen LogP contribution in [0.4, 0.5) is 0 Å². The highest BCUT2D eigenvalue weighted by Crippen LogP contribution is 2.20. The van der Waals surface area contributed by atoms with Crippen LogP contribution in [0.3, 0.4) is 0 Å². The molecule has 0 fully saturated rings. The zero-order chi connectivity index (χ0) is 8.27. The third-order valence-electron chi connectivity index (χ3n) is 1.46. The third kappa shape index (κ3) is 2.46. The Bertz CT molecular complexity index is 248. The van der Waals surface area contributed by atoms with Gasteiger partial charge in [0.05, 0.1) is 0 Å². The Balaban J connectivity index is 3.06. The molecular formula is C8H7Br2Cl. The molecule has 0 atom stereocenters. The highest BCUT2D eigenvalue weighted by atomic mass is 79.9. The summed E-state index contributed by atoms with van der Waals surface area (Å²) in [4.78, 5) is 0. The van der Waals surface area contributed by atoms with Crippen LogP contribution < -0.4 is 0 Å². The first-order valence-electron chi connectivity index (χ1n) is 3.17. The van der Waals surface area contributed by atoms with Gasteiger partial charge in [-0.1, -0.05) is 37.9 Å². The second-order valence-corrected chi connectivity index (χ2v) is 3.92. The molecule has 3 heteroatoms. The summed E-state index contributed by atoms with van der Waals surface area (Å²) >= 11 is 12.5. The molecule has 1 aromatic rings. The molecule has 60 valence electrons. The average molecular weight is 298 g/mol. The lowest BCUT2D eigenvalue weighted by Gasteiger charge is -2.03. The Morgan fingerprint density at radius 3 is 2.55 bits per heavy atom. The number of benzene rings is 1. The molecule has 0 spiro atoms. The lowest BCUT2D eigenvalue weighted by molar-refractivity contribution is 1.27. The molecule has 0 aliphatic rings. The molecule has 1 rings (SSSR count). The van der Waals surface area contributed by atoms with Crippen LogP contribution in [0.1, 0.15) is 11.1 Å². The molecule has 0 heterocycles. The van der Waals surface area contributed by atoms with Crippen LogP contribution in [-0.4, -0.2) is 0 Å². The third-order valence-corrected chi connectivity index (χ3v) is 2.84.